The highest BCUT2D eigenvalue weighted by molar-refractivity contribution is 5.55. The average molecular weight is 244 g/mol. The fraction of sp³-hybridized carbons (Fsp3) is 0.385. The Balaban J connectivity index is 2.47. The minimum atomic E-state index is -0.0792. The Bertz CT molecular complexity index is 584. The summed E-state index contributed by atoms with van der Waals surface area (Å²) in [6, 6.07) is 7.91. The molecule has 2 aromatic heterocycles. The molecule has 0 aliphatic carbocycles. The Kier molecular flexibility index (Phi) is 3.49. The summed E-state index contributed by atoms with van der Waals surface area (Å²) in [4.78, 5) is 6.44. The van der Waals surface area contributed by atoms with E-state index in [1.807, 2.05) is 47.7 Å². The van der Waals surface area contributed by atoms with Crippen LogP contribution in [0.4, 0.5) is 5.82 Å². The number of pyridine rings is 1. The first kappa shape index (κ1) is 12.4. The maximum atomic E-state index is 9.51. The van der Waals surface area contributed by atoms with Gasteiger partial charge in [0.2, 0.25) is 0 Å². The lowest BCUT2D eigenvalue weighted by atomic mass is 10.2. The second-order valence-electron chi connectivity index (χ2n) is 4.29. The Labute approximate surface area is 106 Å². The molecule has 2 rings (SSSR count). The predicted molar refractivity (Wildman–Crippen MR) is 69.2 cm³/mol. The first-order valence-electron chi connectivity index (χ1n) is 5.85. The van der Waals surface area contributed by atoms with Gasteiger partial charge in [-0.3, -0.25) is 4.40 Å². The van der Waals surface area contributed by atoms with Crippen LogP contribution in [0.25, 0.3) is 5.65 Å². The molecule has 1 atom stereocenters. The monoisotopic (exact) mass is 244 g/mol. The van der Waals surface area contributed by atoms with Gasteiger partial charge in [-0.15, -0.1) is 0 Å². The van der Waals surface area contributed by atoms with E-state index in [4.69, 9.17) is 5.26 Å². The molecule has 0 aliphatic heterocycles. The van der Waals surface area contributed by atoms with Crippen molar-refractivity contribution < 1.29 is 5.11 Å². The van der Waals surface area contributed by atoms with Crippen LogP contribution in [0.2, 0.25) is 0 Å². The van der Waals surface area contributed by atoms with Gasteiger partial charge in [0, 0.05) is 19.3 Å². The van der Waals surface area contributed by atoms with Gasteiger partial charge in [-0.05, 0) is 19.1 Å². The van der Waals surface area contributed by atoms with Crippen LogP contribution in [0.15, 0.2) is 24.4 Å². The van der Waals surface area contributed by atoms with Gasteiger partial charge < -0.3 is 10.0 Å². The lowest BCUT2D eigenvalue weighted by Gasteiger charge is -2.23. The molecule has 94 valence electrons. The predicted octanol–water partition coefficient (Wildman–Crippen LogP) is 1.56. The molecule has 0 radical (unpaired) electrons. The highest BCUT2D eigenvalue weighted by Gasteiger charge is 2.18. The second-order valence-corrected chi connectivity index (χ2v) is 4.29. The molecule has 0 aliphatic rings. The summed E-state index contributed by atoms with van der Waals surface area (Å²) < 4.78 is 1.87. The van der Waals surface area contributed by atoms with E-state index >= 15 is 0 Å². The molecule has 0 fully saturated rings. The highest BCUT2D eigenvalue weighted by atomic mass is 16.3. The zero-order valence-electron chi connectivity index (χ0n) is 10.5. The van der Waals surface area contributed by atoms with Crippen molar-refractivity contribution in [3.05, 3.63) is 30.1 Å². The van der Waals surface area contributed by atoms with E-state index in [9.17, 15) is 5.11 Å². The van der Waals surface area contributed by atoms with Crippen molar-refractivity contribution in [1.82, 2.24) is 9.38 Å². The summed E-state index contributed by atoms with van der Waals surface area (Å²) in [6.45, 7) is 1.89. The number of aliphatic hydroxyl groups excluding tert-OH is 1. The lowest BCUT2D eigenvalue weighted by molar-refractivity contribution is 0.276. The summed E-state index contributed by atoms with van der Waals surface area (Å²) in [6.07, 6.45) is 2.30. The van der Waals surface area contributed by atoms with Crippen LogP contribution >= 0.6 is 0 Å². The number of imidazole rings is 1. The molecule has 0 amide bonds. The Morgan fingerprint density at radius 2 is 2.33 bits per heavy atom. The molecule has 2 heterocycles. The second kappa shape index (κ2) is 5.07. The molecule has 0 bridgehead atoms. The van der Waals surface area contributed by atoms with E-state index in [1.165, 1.54) is 0 Å². The van der Waals surface area contributed by atoms with E-state index in [2.05, 4.69) is 11.1 Å². The highest BCUT2D eigenvalue weighted by Crippen LogP contribution is 2.23. The molecule has 0 spiro atoms. The molecule has 18 heavy (non-hydrogen) atoms. The van der Waals surface area contributed by atoms with Crippen LogP contribution in [-0.4, -0.2) is 27.6 Å². The normalized spacial score (nSPS) is 12.3. The van der Waals surface area contributed by atoms with E-state index in [0.717, 1.165) is 17.2 Å². The zero-order chi connectivity index (χ0) is 13.1. The van der Waals surface area contributed by atoms with Crippen molar-refractivity contribution >= 4 is 11.5 Å². The first-order chi connectivity index (χ1) is 8.69. The molecule has 5 heteroatoms. The van der Waals surface area contributed by atoms with Crippen LogP contribution < -0.4 is 4.90 Å². The van der Waals surface area contributed by atoms with Gasteiger partial charge in [0.1, 0.15) is 5.65 Å². The molecule has 1 unspecified atom stereocenters. The quantitative estimate of drug-likeness (QED) is 0.886. The number of anilines is 1. The minimum Gasteiger partial charge on any atom is -0.390 e. The summed E-state index contributed by atoms with van der Waals surface area (Å²) >= 11 is 0. The van der Waals surface area contributed by atoms with Gasteiger partial charge in [0.15, 0.2) is 5.82 Å². The molecular formula is C13H16N4O. The van der Waals surface area contributed by atoms with E-state index in [0.29, 0.717) is 6.42 Å². The van der Waals surface area contributed by atoms with Crippen molar-refractivity contribution in [3.8, 4) is 6.07 Å². The lowest BCUT2D eigenvalue weighted by Crippen LogP contribution is -2.29. The minimum absolute atomic E-state index is 0.0604. The number of hydrogen-bond donors (Lipinski definition) is 1. The molecule has 0 aromatic carbocycles. The van der Waals surface area contributed by atoms with Gasteiger partial charge in [0.25, 0.3) is 0 Å². The number of nitrogens with zero attached hydrogens (tertiary/aromatic N) is 4. The Hall–Kier alpha value is -2.06. The van der Waals surface area contributed by atoms with Crippen LogP contribution in [0, 0.1) is 11.3 Å². The van der Waals surface area contributed by atoms with Crippen LogP contribution in [0.3, 0.4) is 0 Å². The third-order valence-corrected chi connectivity index (χ3v) is 3.14. The fourth-order valence-electron chi connectivity index (χ4n) is 1.94. The summed E-state index contributed by atoms with van der Waals surface area (Å²) in [5, 5.41) is 18.3. The van der Waals surface area contributed by atoms with Crippen LogP contribution in [-0.2, 0) is 6.61 Å². The topological polar surface area (TPSA) is 64.6 Å². The summed E-state index contributed by atoms with van der Waals surface area (Å²) in [5.41, 5.74) is 1.55. The van der Waals surface area contributed by atoms with Crippen LogP contribution in [0.5, 0.6) is 0 Å². The molecule has 1 N–H and O–H groups in total. The SMILES string of the molecule is CC(CC#N)N(C)c1nc2ccccn2c1CO. The van der Waals surface area contributed by atoms with Gasteiger partial charge in [0.05, 0.1) is 24.8 Å². The zero-order valence-corrected chi connectivity index (χ0v) is 10.5. The maximum Gasteiger partial charge on any atom is 0.153 e. The number of rotatable bonds is 4. The van der Waals surface area contributed by atoms with Gasteiger partial charge >= 0.3 is 0 Å². The molecule has 0 saturated carbocycles. The Morgan fingerprint density at radius 3 is 3.00 bits per heavy atom. The van der Waals surface area contributed by atoms with Crippen molar-refractivity contribution in [2.45, 2.75) is 26.0 Å². The summed E-state index contributed by atoms with van der Waals surface area (Å²) in [7, 11) is 1.89. The smallest absolute Gasteiger partial charge is 0.153 e. The van der Waals surface area contributed by atoms with E-state index < -0.39 is 0 Å². The first-order valence-corrected chi connectivity index (χ1v) is 5.85. The third-order valence-electron chi connectivity index (χ3n) is 3.14. The van der Waals surface area contributed by atoms with Gasteiger partial charge in [-0.1, -0.05) is 6.07 Å². The van der Waals surface area contributed by atoms with Crippen molar-refractivity contribution in [3.63, 3.8) is 0 Å². The number of hydrogen-bond acceptors (Lipinski definition) is 4. The molecule has 2 aromatic rings. The number of aromatic nitrogens is 2. The van der Waals surface area contributed by atoms with Gasteiger partial charge in [-0.25, -0.2) is 4.98 Å². The van der Waals surface area contributed by atoms with E-state index in [-0.39, 0.29) is 12.6 Å². The van der Waals surface area contributed by atoms with E-state index in [1.54, 1.807) is 0 Å². The average Bonchev–Trinajstić information content (AvgIpc) is 2.76. The number of nitriles is 1. The van der Waals surface area contributed by atoms with Crippen molar-refractivity contribution in [1.29, 1.82) is 5.26 Å². The number of aliphatic hydroxyl groups is 1. The third kappa shape index (κ3) is 2.03. The fourth-order valence-corrected chi connectivity index (χ4v) is 1.94. The molecule has 0 saturated heterocycles. The van der Waals surface area contributed by atoms with Crippen LogP contribution in [0.1, 0.15) is 19.0 Å². The van der Waals surface area contributed by atoms with Crippen molar-refractivity contribution in [2.24, 2.45) is 0 Å². The number of fused-ring (bicyclic) bond motifs is 1. The standard InChI is InChI=1S/C13H16N4O/c1-10(6-7-14)16(2)13-11(9-18)17-8-4-3-5-12(17)15-13/h3-5,8,10,18H,6,9H2,1-2H3. The molecule has 5 nitrogen and oxygen atoms in total. The summed E-state index contributed by atoms with van der Waals surface area (Å²) in [5.74, 6) is 0.728. The molecular weight excluding hydrogens is 228 g/mol. The van der Waals surface area contributed by atoms with Gasteiger partial charge in [-0.2, -0.15) is 5.26 Å². The Morgan fingerprint density at radius 1 is 1.56 bits per heavy atom. The maximum absolute atomic E-state index is 9.51. The largest absolute Gasteiger partial charge is 0.390 e. The van der Waals surface area contributed by atoms with Crippen molar-refractivity contribution in [2.75, 3.05) is 11.9 Å².